The summed E-state index contributed by atoms with van der Waals surface area (Å²) in [6.07, 6.45) is 1.31. The Balaban J connectivity index is 2.50. The monoisotopic (exact) mass is 357 g/mol. The minimum absolute atomic E-state index is 0.0959. The summed E-state index contributed by atoms with van der Waals surface area (Å²) in [7, 11) is 5.42. The van der Waals surface area contributed by atoms with Crippen molar-refractivity contribution in [3.8, 4) is 0 Å². The minimum atomic E-state index is 0.0959. The molecule has 6 nitrogen and oxygen atoms in total. The number of rotatable bonds is 10. The van der Waals surface area contributed by atoms with Gasteiger partial charge < -0.3 is 10.2 Å². The van der Waals surface area contributed by atoms with E-state index in [1.54, 1.807) is 24.0 Å². The molecule has 0 heterocycles. The Morgan fingerprint density at radius 3 is 2.58 bits per heavy atom. The molecule has 0 aliphatic heterocycles. The standard InChI is InChI=1S/C20H31N5O/c1-15(2)17(4)22-23-25(7)12-11-16(3)21-19-10-8-9-18(13-19)14-20(26)24(5)6/h8-10,13,16,21H,1,4,11-12,14H2,2-3,5-7H3/b23-22-. The number of likely N-dealkylation sites (N-methyl/N-ethyl adjacent to an activating group) is 1. The molecule has 1 amide bonds. The van der Waals surface area contributed by atoms with Crippen molar-refractivity contribution < 1.29 is 4.79 Å². The molecule has 0 aromatic heterocycles. The fourth-order valence-corrected chi connectivity index (χ4v) is 2.10. The molecular formula is C20H31N5O. The first-order chi connectivity index (χ1) is 12.2. The third-order valence-electron chi connectivity index (χ3n) is 3.89. The fourth-order valence-electron chi connectivity index (χ4n) is 2.10. The van der Waals surface area contributed by atoms with E-state index in [1.807, 2.05) is 38.2 Å². The lowest BCUT2D eigenvalue weighted by molar-refractivity contribution is -0.127. The lowest BCUT2D eigenvalue weighted by Crippen LogP contribution is -2.24. The molecule has 0 aliphatic rings. The van der Waals surface area contributed by atoms with Gasteiger partial charge in [0.05, 0.1) is 12.1 Å². The molecule has 1 aromatic carbocycles. The molecular weight excluding hydrogens is 326 g/mol. The summed E-state index contributed by atoms with van der Waals surface area (Å²) in [5.74, 6) is 0.0959. The number of nitrogens with zero attached hydrogens (tertiary/aromatic N) is 4. The summed E-state index contributed by atoms with van der Waals surface area (Å²) in [6.45, 7) is 12.3. The molecule has 1 atom stereocenters. The molecule has 0 aliphatic carbocycles. The van der Waals surface area contributed by atoms with Crippen LogP contribution < -0.4 is 5.32 Å². The molecule has 0 saturated carbocycles. The third kappa shape index (κ3) is 7.96. The molecule has 26 heavy (non-hydrogen) atoms. The van der Waals surface area contributed by atoms with Gasteiger partial charge in [0, 0.05) is 39.4 Å². The van der Waals surface area contributed by atoms with Crippen molar-refractivity contribution in [2.24, 2.45) is 10.3 Å². The van der Waals surface area contributed by atoms with Crippen LogP contribution in [0.5, 0.6) is 0 Å². The van der Waals surface area contributed by atoms with Crippen LogP contribution in [-0.2, 0) is 11.2 Å². The van der Waals surface area contributed by atoms with Crippen LogP contribution in [0.2, 0.25) is 0 Å². The van der Waals surface area contributed by atoms with Crippen molar-refractivity contribution >= 4 is 11.6 Å². The second-order valence-electron chi connectivity index (χ2n) is 6.80. The predicted molar refractivity (Wildman–Crippen MR) is 108 cm³/mol. The van der Waals surface area contributed by atoms with Crippen LogP contribution in [0.4, 0.5) is 5.69 Å². The van der Waals surface area contributed by atoms with E-state index in [2.05, 4.69) is 35.7 Å². The predicted octanol–water partition coefficient (Wildman–Crippen LogP) is 3.90. The van der Waals surface area contributed by atoms with Crippen molar-refractivity contribution in [3.05, 3.63) is 54.3 Å². The van der Waals surface area contributed by atoms with Crippen LogP contribution >= 0.6 is 0 Å². The highest BCUT2D eigenvalue weighted by atomic mass is 16.2. The van der Waals surface area contributed by atoms with Crippen LogP contribution in [0.1, 0.15) is 25.8 Å². The van der Waals surface area contributed by atoms with Crippen molar-refractivity contribution in [3.63, 3.8) is 0 Å². The maximum absolute atomic E-state index is 11.8. The zero-order chi connectivity index (χ0) is 19.7. The molecule has 1 rings (SSSR count). The summed E-state index contributed by atoms with van der Waals surface area (Å²) < 4.78 is 0. The fraction of sp³-hybridized carbons (Fsp3) is 0.450. The Bertz CT molecular complexity index is 666. The van der Waals surface area contributed by atoms with Crippen molar-refractivity contribution in [2.75, 3.05) is 33.0 Å². The first kappa shape index (κ1) is 21.4. The highest BCUT2D eigenvalue weighted by Gasteiger charge is 2.08. The van der Waals surface area contributed by atoms with Crippen LogP contribution in [-0.4, -0.2) is 49.5 Å². The van der Waals surface area contributed by atoms with Gasteiger partial charge in [-0.3, -0.25) is 9.80 Å². The zero-order valence-corrected chi connectivity index (χ0v) is 16.6. The molecule has 1 N–H and O–H groups in total. The van der Waals surface area contributed by atoms with Gasteiger partial charge in [-0.25, -0.2) is 0 Å². The van der Waals surface area contributed by atoms with Crippen LogP contribution in [0, 0.1) is 0 Å². The Morgan fingerprint density at radius 2 is 1.96 bits per heavy atom. The molecule has 142 valence electrons. The number of benzene rings is 1. The van der Waals surface area contributed by atoms with E-state index in [4.69, 9.17) is 0 Å². The number of allylic oxidation sites excluding steroid dienone is 1. The van der Waals surface area contributed by atoms with Gasteiger partial charge in [0.1, 0.15) is 0 Å². The van der Waals surface area contributed by atoms with Crippen molar-refractivity contribution in [1.29, 1.82) is 0 Å². The number of carbonyl (C=O) groups excluding carboxylic acids is 1. The van der Waals surface area contributed by atoms with E-state index < -0.39 is 0 Å². The van der Waals surface area contributed by atoms with Gasteiger partial charge in [0.15, 0.2) is 0 Å². The normalized spacial score (nSPS) is 11.9. The second kappa shape index (κ2) is 10.4. The van der Waals surface area contributed by atoms with Crippen LogP contribution in [0.25, 0.3) is 0 Å². The highest BCUT2D eigenvalue weighted by molar-refractivity contribution is 5.78. The molecule has 0 radical (unpaired) electrons. The lowest BCUT2D eigenvalue weighted by atomic mass is 10.1. The maximum atomic E-state index is 11.8. The summed E-state index contributed by atoms with van der Waals surface area (Å²) in [4.78, 5) is 13.5. The average molecular weight is 358 g/mol. The smallest absolute Gasteiger partial charge is 0.226 e. The number of nitrogens with one attached hydrogen (secondary N) is 1. The number of anilines is 1. The van der Waals surface area contributed by atoms with Crippen LogP contribution in [0.15, 0.2) is 59.0 Å². The number of hydrogen-bond acceptors (Lipinski definition) is 4. The zero-order valence-electron chi connectivity index (χ0n) is 16.6. The van der Waals surface area contributed by atoms with Crippen molar-refractivity contribution in [2.45, 2.75) is 32.7 Å². The van der Waals surface area contributed by atoms with Gasteiger partial charge in [0.2, 0.25) is 5.91 Å². The second-order valence-corrected chi connectivity index (χ2v) is 6.80. The molecule has 0 bridgehead atoms. The molecule has 6 heteroatoms. The number of amides is 1. The topological polar surface area (TPSA) is 60.3 Å². The molecule has 0 fully saturated rings. The first-order valence-electron chi connectivity index (χ1n) is 8.72. The number of hydrogen-bond donors (Lipinski definition) is 1. The minimum Gasteiger partial charge on any atom is -0.383 e. The Labute approximate surface area is 157 Å². The van der Waals surface area contributed by atoms with Crippen molar-refractivity contribution in [1.82, 2.24) is 9.91 Å². The van der Waals surface area contributed by atoms with E-state index in [-0.39, 0.29) is 11.9 Å². The first-order valence-corrected chi connectivity index (χ1v) is 8.72. The summed E-state index contributed by atoms with van der Waals surface area (Å²) >= 11 is 0. The third-order valence-corrected chi connectivity index (χ3v) is 3.89. The molecule has 1 aromatic rings. The Morgan fingerprint density at radius 1 is 1.27 bits per heavy atom. The van der Waals surface area contributed by atoms with Gasteiger partial charge in [-0.05, 0) is 43.5 Å². The van der Waals surface area contributed by atoms with Crippen LogP contribution in [0.3, 0.4) is 0 Å². The van der Waals surface area contributed by atoms with Gasteiger partial charge in [-0.1, -0.05) is 30.5 Å². The van der Waals surface area contributed by atoms with Gasteiger partial charge in [-0.15, -0.1) is 5.11 Å². The molecule has 0 spiro atoms. The average Bonchev–Trinajstić information content (AvgIpc) is 2.57. The van der Waals surface area contributed by atoms with E-state index in [0.29, 0.717) is 12.1 Å². The van der Waals surface area contributed by atoms with E-state index >= 15 is 0 Å². The number of carbonyl (C=O) groups is 1. The summed E-state index contributed by atoms with van der Waals surface area (Å²) in [5.41, 5.74) is 3.42. The maximum Gasteiger partial charge on any atom is 0.226 e. The summed E-state index contributed by atoms with van der Waals surface area (Å²) in [5, 5.41) is 13.4. The van der Waals surface area contributed by atoms with E-state index in [1.165, 1.54) is 0 Å². The Kier molecular flexibility index (Phi) is 8.55. The SMILES string of the molecule is C=C(C)C(=C)/N=N\N(C)CCC(C)Nc1cccc(CC(=O)N(C)C)c1. The Hall–Kier alpha value is -2.63. The van der Waals surface area contributed by atoms with E-state index in [0.717, 1.165) is 29.8 Å². The molecule has 0 saturated heterocycles. The quantitative estimate of drug-likeness (QED) is 0.392. The van der Waals surface area contributed by atoms with E-state index in [9.17, 15) is 4.79 Å². The highest BCUT2D eigenvalue weighted by Crippen LogP contribution is 2.14. The lowest BCUT2D eigenvalue weighted by Gasteiger charge is -2.19. The van der Waals surface area contributed by atoms with Gasteiger partial charge in [-0.2, -0.15) is 0 Å². The van der Waals surface area contributed by atoms with Gasteiger partial charge in [0.25, 0.3) is 0 Å². The van der Waals surface area contributed by atoms with Gasteiger partial charge >= 0.3 is 0 Å². The molecule has 1 unspecified atom stereocenters. The largest absolute Gasteiger partial charge is 0.383 e. The summed E-state index contributed by atoms with van der Waals surface area (Å²) in [6, 6.07) is 8.24.